The number of carbonyl (C=O) groups is 1. The summed E-state index contributed by atoms with van der Waals surface area (Å²) in [7, 11) is 4.20. The quantitative estimate of drug-likeness (QED) is 0.473. The smallest absolute Gasteiger partial charge is 0.230 e. The molecule has 1 atom stereocenters. The molecule has 1 aromatic heterocycles. The zero-order valence-corrected chi connectivity index (χ0v) is 17.9. The molecule has 0 aliphatic heterocycles. The fourth-order valence-corrected chi connectivity index (χ4v) is 3.70. The normalized spacial score (nSPS) is 12.1. The van der Waals surface area contributed by atoms with E-state index >= 15 is 0 Å². The van der Waals surface area contributed by atoms with Crippen LogP contribution in [0.1, 0.15) is 24.1 Å². The number of hydrogen-bond acceptors (Lipinski definition) is 4. The number of nitrogens with one attached hydrogen (secondary N) is 3. The van der Waals surface area contributed by atoms with Crippen molar-refractivity contribution in [2.75, 3.05) is 26.4 Å². The fourth-order valence-electron chi connectivity index (χ4n) is 3.08. The van der Waals surface area contributed by atoms with Crippen molar-refractivity contribution in [1.29, 1.82) is 0 Å². The Morgan fingerprint density at radius 3 is 2.52 bits per heavy atom. The summed E-state index contributed by atoms with van der Waals surface area (Å²) in [6.07, 6.45) is 1.01. The summed E-state index contributed by atoms with van der Waals surface area (Å²) in [5.41, 5.74) is 3.49. The first kappa shape index (κ1) is 21.1. The van der Waals surface area contributed by atoms with Gasteiger partial charge >= 0.3 is 0 Å². The van der Waals surface area contributed by atoms with Crippen molar-refractivity contribution in [3.8, 4) is 11.4 Å². The Kier molecular flexibility index (Phi) is 7.43. The number of hydrogen-bond donors (Lipinski definition) is 3. The second-order valence-electron chi connectivity index (χ2n) is 7.15. The van der Waals surface area contributed by atoms with E-state index in [1.54, 1.807) is 0 Å². The second kappa shape index (κ2) is 10.2. The summed E-state index contributed by atoms with van der Waals surface area (Å²) in [6, 6.07) is 18.7. The van der Waals surface area contributed by atoms with Gasteiger partial charge in [-0.2, -0.15) is 0 Å². The summed E-state index contributed by atoms with van der Waals surface area (Å²) in [5.74, 6) is 0.989. The molecule has 0 saturated heterocycles. The van der Waals surface area contributed by atoms with Crippen LogP contribution in [-0.4, -0.2) is 47.5 Å². The third-order valence-corrected chi connectivity index (χ3v) is 5.68. The SMILES string of the molecule is CCc1ccc(-c2nc(SCC(=O)NC[C@H](c3ccccc3)[NH+](C)C)n[nH]2)cc1. The van der Waals surface area contributed by atoms with E-state index in [1.165, 1.54) is 27.8 Å². The van der Waals surface area contributed by atoms with Crippen LogP contribution in [0.15, 0.2) is 59.8 Å². The van der Waals surface area contributed by atoms with Crippen LogP contribution < -0.4 is 10.2 Å². The highest BCUT2D eigenvalue weighted by Crippen LogP contribution is 2.19. The van der Waals surface area contributed by atoms with Gasteiger partial charge in [-0.3, -0.25) is 9.89 Å². The molecular weight excluding hydrogens is 382 g/mol. The topological polar surface area (TPSA) is 75.1 Å². The molecule has 0 aliphatic rings. The highest BCUT2D eigenvalue weighted by molar-refractivity contribution is 7.99. The van der Waals surface area contributed by atoms with E-state index in [-0.39, 0.29) is 17.7 Å². The lowest BCUT2D eigenvalue weighted by Crippen LogP contribution is -3.07. The third-order valence-electron chi connectivity index (χ3n) is 4.84. The molecule has 1 amide bonds. The molecule has 1 heterocycles. The number of quaternary nitrogens is 1. The summed E-state index contributed by atoms with van der Waals surface area (Å²) >= 11 is 1.34. The van der Waals surface area contributed by atoms with E-state index in [0.717, 1.165) is 17.8 Å². The minimum Gasteiger partial charge on any atom is -0.349 e. The number of thioether (sulfide) groups is 1. The molecule has 0 spiro atoms. The van der Waals surface area contributed by atoms with E-state index in [2.05, 4.69) is 65.8 Å². The first-order valence-electron chi connectivity index (χ1n) is 9.83. The Bertz CT molecular complexity index is 908. The number of carbonyl (C=O) groups excluding carboxylic acids is 1. The average Bonchev–Trinajstić information content (AvgIpc) is 3.22. The van der Waals surface area contributed by atoms with Crippen LogP contribution >= 0.6 is 11.8 Å². The Morgan fingerprint density at radius 1 is 1.14 bits per heavy atom. The molecule has 0 unspecified atom stereocenters. The summed E-state index contributed by atoms with van der Waals surface area (Å²) < 4.78 is 0. The second-order valence-corrected chi connectivity index (χ2v) is 8.09. The first-order chi connectivity index (χ1) is 14.1. The van der Waals surface area contributed by atoms with E-state index in [4.69, 9.17) is 0 Å². The largest absolute Gasteiger partial charge is 0.349 e. The lowest BCUT2D eigenvalue weighted by molar-refractivity contribution is -0.890. The molecule has 0 bridgehead atoms. The van der Waals surface area contributed by atoms with Crippen LogP contribution in [0.4, 0.5) is 0 Å². The van der Waals surface area contributed by atoms with Crippen molar-refractivity contribution in [1.82, 2.24) is 20.5 Å². The number of H-pyrrole nitrogens is 1. The van der Waals surface area contributed by atoms with Crippen molar-refractivity contribution < 1.29 is 9.69 Å². The molecule has 152 valence electrons. The maximum absolute atomic E-state index is 12.3. The number of amides is 1. The zero-order chi connectivity index (χ0) is 20.6. The number of nitrogens with zero attached hydrogens (tertiary/aromatic N) is 2. The molecule has 0 fully saturated rings. The molecular formula is C22H28N5OS+. The standard InChI is InChI=1S/C22H27N5OS/c1-4-16-10-12-18(13-11-16)21-24-22(26-25-21)29-15-20(28)23-14-19(27(2)3)17-8-6-5-7-9-17/h5-13,19H,4,14-15H2,1-3H3,(H,23,28)(H,24,25,26)/p+1/t19-/m1/s1. The first-order valence-corrected chi connectivity index (χ1v) is 10.8. The molecule has 0 radical (unpaired) electrons. The molecule has 0 saturated carbocycles. The molecule has 7 heteroatoms. The Morgan fingerprint density at radius 2 is 1.86 bits per heavy atom. The third kappa shape index (κ3) is 5.92. The Labute approximate surface area is 176 Å². The van der Waals surface area contributed by atoms with Crippen molar-refractivity contribution in [2.24, 2.45) is 0 Å². The number of aromatic amines is 1. The van der Waals surface area contributed by atoms with Gasteiger partial charge in [0.05, 0.1) is 26.4 Å². The Hall–Kier alpha value is -2.64. The number of rotatable bonds is 9. The lowest BCUT2D eigenvalue weighted by Gasteiger charge is -2.22. The highest BCUT2D eigenvalue weighted by Gasteiger charge is 2.18. The average molecular weight is 411 g/mol. The number of benzene rings is 2. The molecule has 6 nitrogen and oxygen atoms in total. The Balaban J connectivity index is 1.51. The van der Waals surface area contributed by atoms with Gasteiger partial charge in [0.15, 0.2) is 5.82 Å². The van der Waals surface area contributed by atoms with Crippen molar-refractivity contribution in [3.63, 3.8) is 0 Å². The number of aromatic nitrogens is 3. The van der Waals surface area contributed by atoms with E-state index < -0.39 is 0 Å². The minimum atomic E-state index is -0.0178. The van der Waals surface area contributed by atoms with E-state index in [0.29, 0.717) is 11.7 Å². The fraction of sp³-hybridized carbons (Fsp3) is 0.318. The van der Waals surface area contributed by atoms with Crippen molar-refractivity contribution >= 4 is 17.7 Å². The number of likely N-dealkylation sites (N-methyl/N-ethyl adjacent to an activating group) is 1. The molecule has 3 aromatic rings. The van der Waals surface area contributed by atoms with Crippen LogP contribution in [0.2, 0.25) is 0 Å². The maximum atomic E-state index is 12.3. The number of aryl methyl sites for hydroxylation is 1. The van der Waals surface area contributed by atoms with Gasteiger partial charge in [-0.1, -0.05) is 73.3 Å². The monoisotopic (exact) mass is 410 g/mol. The van der Waals surface area contributed by atoms with E-state index in [1.807, 2.05) is 30.3 Å². The van der Waals surface area contributed by atoms with Crippen LogP contribution in [0.3, 0.4) is 0 Å². The van der Waals surface area contributed by atoms with Gasteiger partial charge in [0, 0.05) is 11.1 Å². The van der Waals surface area contributed by atoms with Crippen LogP contribution in [0.5, 0.6) is 0 Å². The maximum Gasteiger partial charge on any atom is 0.230 e. The molecule has 0 aliphatic carbocycles. The predicted octanol–water partition coefficient (Wildman–Crippen LogP) is 2.13. The van der Waals surface area contributed by atoms with Gasteiger partial charge < -0.3 is 10.2 Å². The molecule has 3 N–H and O–H groups in total. The predicted molar refractivity (Wildman–Crippen MR) is 117 cm³/mol. The van der Waals surface area contributed by atoms with Crippen molar-refractivity contribution in [3.05, 3.63) is 65.7 Å². The van der Waals surface area contributed by atoms with Crippen LogP contribution in [-0.2, 0) is 11.2 Å². The van der Waals surface area contributed by atoms with Gasteiger partial charge in [-0.05, 0) is 12.0 Å². The van der Waals surface area contributed by atoms with Gasteiger partial charge in [-0.25, -0.2) is 4.98 Å². The molecule has 3 rings (SSSR count). The van der Waals surface area contributed by atoms with Crippen molar-refractivity contribution in [2.45, 2.75) is 24.5 Å². The summed E-state index contributed by atoms with van der Waals surface area (Å²) in [5, 5.41) is 10.8. The van der Waals surface area contributed by atoms with Gasteiger partial charge in [-0.15, -0.1) is 5.10 Å². The van der Waals surface area contributed by atoms with Gasteiger partial charge in [0.25, 0.3) is 0 Å². The van der Waals surface area contributed by atoms with Gasteiger partial charge in [0.1, 0.15) is 6.04 Å². The van der Waals surface area contributed by atoms with Crippen LogP contribution in [0, 0.1) is 0 Å². The zero-order valence-electron chi connectivity index (χ0n) is 17.1. The van der Waals surface area contributed by atoms with Gasteiger partial charge in [0.2, 0.25) is 11.1 Å². The minimum absolute atomic E-state index is 0.0178. The molecule has 29 heavy (non-hydrogen) atoms. The summed E-state index contributed by atoms with van der Waals surface area (Å²) in [4.78, 5) is 18.1. The lowest BCUT2D eigenvalue weighted by atomic mass is 10.1. The van der Waals surface area contributed by atoms with Crippen LogP contribution in [0.25, 0.3) is 11.4 Å². The molecule has 2 aromatic carbocycles. The highest BCUT2D eigenvalue weighted by atomic mass is 32.2. The summed E-state index contributed by atoms with van der Waals surface area (Å²) in [6.45, 7) is 2.72. The van der Waals surface area contributed by atoms with E-state index in [9.17, 15) is 4.79 Å².